The van der Waals surface area contributed by atoms with Gasteiger partial charge in [0.25, 0.3) is 5.89 Å². The summed E-state index contributed by atoms with van der Waals surface area (Å²) in [6.45, 7) is 2.49. The fraction of sp³-hybridized carbons (Fsp3) is 0.467. The molecule has 2 aromatic heterocycles. The van der Waals surface area contributed by atoms with Gasteiger partial charge in [-0.25, -0.2) is 0 Å². The van der Waals surface area contributed by atoms with Crippen LogP contribution in [0.5, 0.6) is 0 Å². The lowest BCUT2D eigenvalue weighted by molar-refractivity contribution is -0.00830. The number of benzene rings is 1. The minimum Gasteiger partial charge on any atom is -0.368 e. The van der Waals surface area contributed by atoms with E-state index in [4.69, 9.17) is 9.26 Å². The minimum absolute atomic E-state index is 0.271. The van der Waals surface area contributed by atoms with Gasteiger partial charge >= 0.3 is 0 Å². The zero-order valence-corrected chi connectivity index (χ0v) is 12.9. The van der Waals surface area contributed by atoms with E-state index in [1.807, 2.05) is 18.2 Å². The van der Waals surface area contributed by atoms with Gasteiger partial charge in [0.1, 0.15) is 17.6 Å². The molecule has 1 saturated heterocycles. The van der Waals surface area contributed by atoms with E-state index in [1.54, 1.807) is 0 Å². The maximum absolute atomic E-state index is 5.87. The lowest BCUT2D eigenvalue weighted by atomic mass is 10.1. The van der Waals surface area contributed by atoms with Crippen molar-refractivity contribution < 1.29 is 9.26 Å². The van der Waals surface area contributed by atoms with Crippen LogP contribution in [0, 0.1) is 0 Å². The minimum atomic E-state index is 0.271. The van der Waals surface area contributed by atoms with E-state index in [9.17, 15) is 0 Å². The Morgan fingerprint density at radius 3 is 2.96 bits per heavy atom. The second kappa shape index (κ2) is 6.05. The Morgan fingerprint density at radius 2 is 2.09 bits per heavy atom. The average Bonchev–Trinajstić information content (AvgIpc) is 3.22. The molecule has 0 amide bonds. The highest BCUT2D eigenvalue weighted by Crippen LogP contribution is 2.20. The van der Waals surface area contributed by atoms with Gasteiger partial charge in [0.15, 0.2) is 0 Å². The van der Waals surface area contributed by atoms with Crippen molar-refractivity contribution in [1.29, 1.82) is 0 Å². The molecule has 8 heteroatoms. The molecule has 1 aliphatic rings. The summed E-state index contributed by atoms with van der Waals surface area (Å²) in [7, 11) is 2.13. The molecule has 0 atom stereocenters. The lowest BCUT2D eigenvalue weighted by Gasteiger charge is -2.28. The topological polar surface area (TPSA) is 93.0 Å². The van der Waals surface area contributed by atoms with Gasteiger partial charge in [0.2, 0.25) is 5.82 Å². The number of aromatic nitrogens is 5. The molecule has 8 nitrogen and oxygen atoms in total. The van der Waals surface area contributed by atoms with Crippen LogP contribution >= 0.6 is 0 Å². The number of fused-ring (bicyclic) bond motifs is 1. The van der Waals surface area contributed by atoms with E-state index in [2.05, 4.69) is 37.5 Å². The fourth-order valence-electron chi connectivity index (χ4n) is 2.75. The van der Waals surface area contributed by atoms with Gasteiger partial charge in [-0.1, -0.05) is 5.16 Å². The van der Waals surface area contributed by atoms with Crippen molar-refractivity contribution in [2.45, 2.75) is 25.6 Å². The molecule has 4 rings (SSSR count). The molecule has 0 saturated carbocycles. The molecular formula is C15H18N6O2. The summed E-state index contributed by atoms with van der Waals surface area (Å²) in [4.78, 5) is 6.71. The predicted molar refractivity (Wildman–Crippen MR) is 82.5 cm³/mol. The van der Waals surface area contributed by atoms with Crippen LogP contribution in [0.25, 0.3) is 22.4 Å². The number of piperidine rings is 1. The maximum Gasteiger partial charge on any atom is 0.252 e. The van der Waals surface area contributed by atoms with Crippen LogP contribution in [0.15, 0.2) is 22.7 Å². The third-order valence-corrected chi connectivity index (χ3v) is 4.15. The SMILES string of the molecule is CN1CCC(OCc2nc(-c3ccc4n[nH]nc4c3)no2)CC1. The average molecular weight is 314 g/mol. The van der Waals surface area contributed by atoms with Gasteiger partial charge in [-0.3, -0.25) is 0 Å². The number of hydrogen-bond donors (Lipinski definition) is 1. The first kappa shape index (κ1) is 14.3. The monoisotopic (exact) mass is 314 g/mol. The van der Waals surface area contributed by atoms with Crippen LogP contribution in [0.3, 0.4) is 0 Å². The summed E-state index contributed by atoms with van der Waals surface area (Å²) < 4.78 is 11.2. The molecular weight excluding hydrogens is 296 g/mol. The van der Waals surface area contributed by atoms with Crippen LogP contribution < -0.4 is 0 Å². The zero-order valence-electron chi connectivity index (χ0n) is 12.9. The van der Waals surface area contributed by atoms with Crippen molar-refractivity contribution in [2.24, 2.45) is 0 Å². The van der Waals surface area contributed by atoms with E-state index >= 15 is 0 Å². The van der Waals surface area contributed by atoms with Crippen molar-refractivity contribution in [3.8, 4) is 11.4 Å². The number of rotatable bonds is 4. The number of likely N-dealkylation sites (tertiary alicyclic amines) is 1. The van der Waals surface area contributed by atoms with Crippen LogP contribution in [-0.2, 0) is 11.3 Å². The first-order valence-electron chi connectivity index (χ1n) is 7.71. The molecule has 3 aromatic rings. The van der Waals surface area contributed by atoms with Crippen molar-refractivity contribution >= 4 is 11.0 Å². The molecule has 120 valence electrons. The molecule has 0 bridgehead atoms. The summed E-state index contributed by atoms with van der Waals surface area (Å²) in [6.07, 6.45) is 2.36. The molecule has 1 aliphatic heterocycles. The zero-order chi connectivity index (χ0) is 15.6. The fourth-order valence-corrected chi connectivity index (χ4v) is 2.75. The lowest BCUT2D eigenvalue weighted by Crippen LogP contribution is -2.34. The summed E-state index contributed by atoms with van der Waals surface area (Å²) in [5.41, 5.74) is 2.43. The van der Waals surface area contributed by atoms with E-state index in [0.717, 1.165) is 42.5 Å². The Labute approximate surface area is 132 Å². The highest BCUT2D eigenvalue weighted by molar-refractivity contribution is 5.79. The van der Waals surface area contributed by atoms with Crippen molar-refractivity contribution in [1.82, 2.24) is 30.5 Å². The number of hydrogen-bond acceptors (Lipinski definition) is 7. The summed E-state index contributed by atoms with van der Waals surface area (Å²) in [6, 6.07) is 5.65. The number of aromatic amines is 1. The third-order valence-electron chi connectivity index (χ3n) is 4.15. The van der Waals surface area contributed by atoms with E-state index in [0.29, 0.717) is 18.3 Å². The Hall–Kier alpha value is -2.32. The molecule has 0 spiro atoms. The molecule has 0 radical (unpaired) electrons. The first-order valence-corrected chi connectivity index (χ1v) is 7.71. The Kier molecular flexibility index (Phi) is 3.76. The van der Waals surface area contributed by atoms with Crippen LogP contribution in [0.1, 0.15) is 18.7 Å². The summed E-state index contributed by atoms with van der Waals surface area (Å²) >= 11 is 0. The molecule has 1 N–H and O–H groups in total. The number of nitrogens with one attached hydrogen (secondary N) is 1. The van der Waals surface area contributed by atoms with Crippen molar-refractivity contribution in [3.05, 3.63) is 24.1 Å². The number of nitrogens with zero attached hydrogens (tertiary/aromatic N) is 5. The van der Waals surface area contributed by atoms with E-state index in [-0.39, 0.29) is 6.10 Å². The highest BCUT2D eigenvalue weighted by Gasteiger charge is 2.18. The van der Waals surface area contributed by atoms with Gasteiger partial charge < -0.3 is 14.2 Å². The number of ether oxygens (including phenoxy) is 1. The van der Waals surface area contributed by atoms with Gasteiger partial charge in [0, 0.05) is 18.7 Å². The van der Waals surface area contributed by atoms with Crippen LogP contribution in [0.4, 0.5) is 0 Å². The smallest absolute Gasteiger partial charge is 0.252 e. The second-order valence-corrected chi connectivity index (χ2v) is 5.85. The first-order chi connectivity index (χ1) is 11.3. The highest BCUT2D eigenvalue weighted by atomic mass is 16.5. The molecule has 3 heterocycles. The standard InChI is InChI=1S/C15H18N6O2/c1-21-6-4-11(5-7-21)22-9-14-16-15(19-23-14)10-2-3-12-13(8-10)18-20-17-12/h2-3,8,11H,4-7,9H2,1H3,(H,17,18,20). The summed E-state index contributed by atoms with van der Waals surface area (Å²) in [5.74, 6) is 1.04. The van der Waals surface area contributed by atoms with Gasteiger partial charge in [-0.15, -0.1) is 0 Å². The van der Waals surface area contributed by atoms with Crippen LogP contribution in [0.2, 0.25) is 0 Å². The van der Waals surface area contributed by atoms with Crippen LogP contribution in [-0.4, -0.2) is 56.7 Å². The molecule has 1 aromatic carbocycles. The maximum atomic E-state index is 5.87. The van der Waals surface area contributed by atoms with Gasteiger partial charge in [-0.05, 0) is 38.1 Å². The Balaban J connectivity index is 1.42. The summed E-state index contributed by atoms with van der Waals surface area (Å²) in [5, 5.41) is 14.7. The molecule has 0 aliphatic carbocycles. The van der Waals surface area contributed by atoms with Crippen molar-refractivity contribution in [2.75, 3.05) is 20.1 Å². The van der Waals surface area contributed by atoms with Crippen molar-refractivity contribution in [3.63, 3.8) is 0 Å². The van der Waals surface area contributed by atoms with Gasteiger partial charge in [0.05, 0.1) is 6.10 Å². The van der Waals surface area contributed by atoms with E-state index in [1.165, 1.54) is 0 Å². The largest absolute Gasteiger partial charge is 0.368 e. The molecule has 0 unspecified atom stereocenters. The normalized spacial score (nSPS) is 17.1. The van der Waals surface area contributed by atoms with E-state index < -0.39 is 0 Å². The molecule has 1 fully saturated rings. The Bertz CT molecular complexity index is 790. The second-order valence-electron chi connectivity index (χ2n) is 5.85. The predicted octanol–water partition coefficient (Wildman–Crippen LogP) is 1.62. The number of H-pyrrole nitrogens is 1. The third kappa shape index (κ3) is 3.08. The quantitative estimate of drug-likeness (QED) is 0.782. The Morgan fingerprint density at radius 1 is 1.26 bits per heavy atom. The molecule has 23 heavy (non-hydrogen) atoms. The van der Waals surface area contributed by atoms with Gasteiger partial charge in [-0.2, -0.15) is 20.4 Å².